The number of ether oxygens (including phenoxy) is 2. The number of hydrogen-bond acceptors (Lipinski definition) is 4. The van der Waals surface area contributed by atoms with Crippen LogP contribution in [-0.4, -0.2) is 25.5 Å². The number of amides is 2. The van der Waals surface area contributed by atoms with Gasteiger partial charge in [-0.25, -0.2) is 0 Å². The topological polar surface area (TPSA) is 90.7 Å². The Balaban J connectivity index is 2.08. The molecule has 0 fully saturated rings. The molecular weight excluding hydrogens is 380 g/mol. The van der Waals surface area contributed by atoms with Crippen molar-refractivity contribution in [2.75, 3.05) is 18.5 Å². The van der Waals surface area contributed by atoms with Crippen LogP contribution in [0, 0.1) is 0 Å². The number of hydrogen-bond donors (Lipinski definition) is 2. The molecule has 0 aromatic heterocycles. The number of rotatable bonds is 8. The van der Waals surface area contributed by atoms with E-state index in [0.29, 0.717) is 29.2 Å². The number of nitrogens with two attached hydrogens (primary N) is 1. The number of primary amides is 1. The first-order chi connectivity index (χ1) is 13.9. The summed E-state index contributed by atoms with van der Waals surface area (Å²) in [5.41, 5.74) is 8.41. The lowest BCUT2D eigenvalue weighted by atomic mass is 9.86. The second kappa shape index (κ2) is 9.20. The lowest BCUT2D eigenvalue weighted by molar-refractivity contribution is -0.105. The minimum absolute atomic E-state index is 0.0503. The molecule has 2 aromatic carbocycles. The van der Waals surface area contributed by atoms with E-state index in [1.807, 2.05) is 24.3 Å². The summed E-state index contributed by atoms with van der Waals surface area (Å²) < 4.78 is 11.5. The Morgan fingerprint density at radius 1 is 0.900 bits per heavy atom. The lowest BCUT2D eigenvalue weighted by Crippen LogP contribution is -2.18. The van der Waals surface area contributed by atoms with Gasteiger partial charge in [-0.3, -0.25) is 9.59 Å². The predicted octanol–water partition coefficient (Wildman–Crippen LogP) is 4.41. The highest BCUT2D eigenvalue weighted by atomic mass is 16.5. The molecule has 2 aromatic rings. The molecule has 0 spiro atoms. The van der Waals surface area contributed by atoms with E-state index >= 15 is 0 Å². The van der Waals surface area contributed by atoms with Crippen molar-refractivity contribution in [3.8, 4) is 11.5 Å². The van der Waals surface area contributed by atoms with E-state index in [1.165, 1.54) is 0 Å². The molecule has 0 atom stereocenters. The average Bonchev–Trinajstić information content (AvgIpc) is 2.64. The monoisotopic (exact) mass is 412 g/mol. The SMILES string of the molecule is CC(C)(C)c1ccc(OCCOc2ccc(C(C)(C)C)cc2C(N)=O)c(NC=O)c1. The Kier molecular flexibility index (Phi) is 7.13. The van der Waals surface area contributed by atoms with Gasteiger partial charge in [-0.1, -0.05) is 53.7 Å². The van der Waals surface area contributed by atoms with Gasteiger partial charge in [0.05, 0.1) is 11.3 Å². The summed E-state index contributed by atoms with van der Waals surface area (Å²) in [4.78, 5) is 22.8. The lowest BCUT2D eigenvalue weighted by Gasteiger charge is -2.21. The van der Waals surface area contributed by atoms with Crippen LogP contribution in [0.1, 0.15) is 63.0 Å². The van der Waals surface area contributed by atoms with Crippen LogP contribution in [-0.2, 0) is 15.6 Å². The summed E-state index contributed by atoms with van der Waals surface area (Å²) in [6.07, 6.45) is 0.626. The zero-order valence-corrected chi connectivity index (χ0v) is 18.7. The molecule has 6 nitrogen and oxygen atoms in total. The molecule has 0 heterocycles. The summed E-state index contributed by atoms with van der Waals surface area (Å²) >= 11 is 0. The van der Waals surface area contributed by atoms with Gasteiger partial charge in [0, 0.05) is 0 Å². The van der Waals surface area contributed by atoms with Gasteiger partial charge in [0.2, 0.25) is 6.41 Å². The van der Waals surface area contributed by atoms with Crippen molar-refractivity contribution in [3.63, 3.8) is 0 Å². The van der Waals surface area contributed by atoms with Gasteiger partial charge >= 0.3 is 0 Å². The van der Waals surface area contributed by atoms with Crippen molar-refractivity contribution in [3.05, 3.63) is 53.1 Å². The van der Waals surface area contributed by atoms with Gasteiger partial charge in [0.15, 0.2) is 0 Å². The van der Waals surface area contributed by atoms with E-state index in [4.69, 9.17) is 15.2 Å². The van der Waals surface area contributed by atoms with Crippen molar-refractivity contribution >= 4 is 18.0 Å². The van der Waals surface area contributed by atoms with Crippen LogP contribution in [0.2, 0.25) is 0 Å². The first-order valence-corrected chi connectivity index (χ1v) is 9.98. The molecule has 0 saturated heterocycles. The summed E-state index contributed by atoms with van der Waals surface area (Å²) in [6.45, 7) is 13.0. The largest absolute Gasteiger partial charge is 0.489 e. The fourth-order valence-electron chi connectivity index (χ4n) is 2.92. The number of carbonyl (C=O) groups is 2. The van der Waals surface area contributed by atoms with Crippen LogP contribution in [0.3, 0.4) is 0 Å². The molecule has 2 rings (SSSR count). The highest BCUT2D eigenvalue weighted by Gasteiger charge is 2.19. The van der Waals surface area contributed by atoms with Crippen LogP contribution in [0.5, 0.6) is 11.5 Å². The molecule has 30 heavy (non-hydrogen) atoms. The minimum atomic E-state index is -0.535. The second-order valence-electron chi connectivity index (χ2n) is 9.25. The van der Waals surface area contributed by atoms with Gasteiger partial charge in [-0.2, -0.15) is 0 Å². The summed E-state index contributed by atoms with van der Waals surface area (Å²) in [5.74, 6) is 0.442. The number of anilines is 1. The highest BCUT2D eigenvalue weighted by molar-refractivity contribution is 5.95. The summed E-state index contributed by atoms with van der Waals surface area (Å²) in [6, 6.07) is 11.2. The third kappa shape index (κ3) is 5.99. The molecule has 6 heteroatoms. The zero-order chi connectivity index (χ0) is 22.5. The molecule has 0 unspecified atom stereocenters. The number of nitrogens with one attached hydrogen (secondary N) is 1. The van der Waals surface area contributed by atoms with Gasteiger partial charge in [-0.15, -0.1) is 0 Å². The normalized spacial score (nSPS) is 11.7. The molecule has 0 aliphatic heterocycles. The Morgan fingerprint density at radius 2 is 1.40 bits per heavy atom. The molecule has 0 radical (unpaired) electrons. The molecule has 0 aliphatic carbocycles. The third-order valence-electron chi connectivity index (χ3n) is 4.77. The van der Waals surface area contributed by atoms with Crippen molar-refractivity contribution in [1.29, 1.82) is 0 Å². The van der Waals surface area contributed by atoms with Gasteiger partial charge in [-0.05, 0) is 46.2 Å². The van der Waals surface area contributed by atoms with Crippen LogP contribution in [0.15, 0.2) is 36.4 Å². The third-order valence-corrected chi connectivity index (χ3v) is 4.77. The van der Waals surface area contributed by atoms with E-state index in [1.54, 1.807) is 12.1 Å². The van der Waals surface area contributed by atoms with Crippen LogP contribution in [0.25, 0.3) is 0 Å². The van der Waals surface area contributed by atoms with Gasteiger partial charge in [0.25, 0.3) is 5.91 Å². The highest BCUT2D eigenvalue weighted by Crippen LogP contribution is 2.32. The van der Waals surface area contributed by atoms with Gasteiger partial charge < -0.3 is 20.5 Å². The smallest absolute Gasteiger partial charge is 0.252 e. The zero-order valence-electron chi connectivity index (χ0n) is 18.7. The minimum Gasteiger partial charge on any atom is -0.489 e. The molecule has 2 amide bonds. The van der Waals surface area contributed by atoms with E-state index in [9.17, 15) is 9.59 Å². The fourth-order valence-corrected chi connectivity index (χ4v) is 2.92. The van der Waals surface area contributed by atoms with Crippen LogP contribution < -0.4 is 20.5 Å². The molecular formula is C24H32N2O4. The Morgan fingerprint density at radius 3 is 1.90 bits per heavy atom. The maximum Gasteiger partial charge on any atom is 0.252 e. The maximum absolute atomic E-state index is 11.9. The van der Waals surface area contributed by atoms with Crippen molar-refractivity contribution < 1.29 is 19.1 Å². The summed E-state index contributed by atoms with van der Waals surface area (Å²) in [5, 5.41) is 2.68. The maximum atomic E-state index is 11.9. The summed E-state index contributed by atoms with van der Waals surface area (Å²) in [7, 11) is 0. The van der Waals surface area contributed by atoms with Gasteiger partial charge in [0.1, 0.15) is 24.7 Å². The molecule has 0 bridgehead atoms. The Hall–Kier alpha value is -3.02. The Bertz CT molecular complexity index is 908. The molecule has 162 valence electrons. The van der Waals surface area contributed by atoms with Crippen molar-refractivity contribution in [2.24, 2.45) is 5.73 Å². The molecule has 0 aliphatic rings. The number of benzene rings is 2. The molecule has 3 N–H and O–H groups in total. The first-order valence-electron chi connectivity index (χ1n) is 9.98. The Labute approximate surface area is 178 Å². The van der Waals surface area contributed by atoms with E-state index in [2.05, 4.69) is 46.9 Å². The standard InChI is InChI=1S/C24H32N2O4/c1-23(2,3)16-7-9-20(18(13-16)22(25)28)29-11-12-30-21-10-8-17(24(4,5)6)14-19(21)26-15-27/h7-10,13-15H,11-12H2,1-6H3,(H2,25,28)(H,26,27). The van der Waals surface area contributed by atoms with E-state index < -0.39 is 5.91 Å². The second-order valence-corrected chi connectivity index (χ2v) is 9.25. The van der Waals surface area contributed by atoms with Crippen molar-refractivity contribution in [1.82, 2.24) is 0 Å². The quantitative estimate of drug-likeness (QED) is 0.496. The van der Waals surface area contributed by atoms with Crippen LogP contribution >= 0.6 is 0 Å². The van der Waals surface area contributed by atoms with Crippen molar-refractivity contribution in [2.45, 2.75) is 52.4 Å². The van der Waals surface area contributed by atoms with E-state index in [0.717, 1.165) is 11.1 Å². The average molecular weight is 413 g/mol. The number of carbonyl (C=O) groups excluding carboxylic acids is 2. The van der Waals surface area contributed by atoms with Crippen LogP contribution in [0.4, 0.5) is 5.69 Å². The fraction of sp³-hybridized carbons (Fsp3) is 0.417. The van der Waals surface area contributed by atoms with E-state index in [-0.39, 0.29) is 24.0 Å². The predicted molar refractivity (Wildman–Crippen MR) is 119 cm³/mol. The first kappa shape index (κ1) is 23.3. The molecule has 0 saturated carbocycles.